The van der Waals surface area contributed by atoms with Crippen molar-refractivity contribution < 1.29 is 14.3 Å². The van der Waals surface area contributed by atoms with Crippen molar-refractivity contribution in [3.05, 3.63) is 29.3 Å². The molecule has 25 heavy (non-hydrogen) atoms. The molecule has 0 aliphatic heterocycles. The van der Waals surface area contributed by atoms with Crippen LogP contribution < -0.4 is 5.32 Å². The number of carbonyl (C=O) groups is 2. The van der Waals surface area contributed by atoms with Crippen molar-refractivity contribution in [1.82, 2.24) is 15.2 Å². The van der Waals surface area contributed by atoms with Crippen LogP contribution in [-0.4, -0.2) is 46.9 Å². The van der Waals surface area contributed by atoms with E-state index in [4.69, 9.17) is 4.74 Å². The fraction of sp³-hybridized carbons (Fsp3) is 0.500. The van der Waals surface area contributed by atoms with Gasteiger partial charge < -0.3 is 15.0 Å². The van der Waals surface area contributed by atoms with Gasteiger partial charge in [-0.2, -0.15) is 0 Å². The number of benzene rings is 1. The minimum Gasteiger partial charge on any atom is -0.364 e. The number of thiazole rings is 1. The van der Waals surface area contributed by atoms with Crippen molar-refractivity contribution in [1.29, 1.82) is 0 Å². The average molecular weight is 363 g/mol. The van der Waals surface area contributed by atoms with Crippen LogP contribution in [0.15, 0.2) is 24.3 Å². The molecule has 1 N–H and O–H groups in total. The summed E-state index contributed by atoms with van der Waals surface area (Å²) < 4.78 is 6.60. The lowest BCUT2D eigenvalue weighted by Gasteiger charge is -2.25. The standard InChI is InChI=1S/C18H25N3O3S/c1-5-21(10-15(22)20-18(2,3)4)17(23)12-24-11-16-19-13-8-6-7-9-14(13)25-16/h6-9H,5,10-12H2,1-4H3,(H,20,22). The van der Waals surface area contributed by atoms with Gasteiger partial charge in [0.05, 0.1) is 23.4 Å². The van der Waals surface area contributed by atoms with Crippen molar-refractivity contribution in [2.75, 3.05) is 19.7 Å². The molecule has 0 bridgehead atoms. The molecule has 1 aromatic carbocycles. The van der Waals surface area contributed by atoms with Gasteiger partial charge in [0.25, 0.3) is 0 Å². The highest BCUT2D eigenvalue weighted by molar-refractivity contribution is 7.18. The second-order valence-corrected chi connectivity index (χ2v) is 7.89. The fourth-order valence-corrected chi connectivity index (χ4v) is 3.21. The van der Waals surface area contributed by atoms with Crippen molar-refractivity contribution in [2.24, 2.45) is 0 Å². The maximum absolute atomic E-state index is 12.2. The van der Waals surface area contributed by atoms with Gasteiger partial charge in [0.1, 0.15) is 11.6 Å². The number of para-hydroxylation sites is 1. The van der Waals surface area contributed by atoms with E-state index in [1.165, 1.54) is 4.90 Å². The molecule has 7 heteroatoms. The molecule has 0 aliphatic carbocycles. The molecular formula is C18H25N3O3S. The van der Waals surface area contributed by atoms with Gasteiger partial charge in [-0.3, -0.25) is 9.59 Å². The highest BCUT2D eigenvalue weighted by Gasteiger charge is 2.19. The Morgan fingerprint density at radius 2 is 2.00 bits per heavy atom. The third-order valence-electron chi connectivity index (χ3n) is 3.37. The number of fused-ring (bicyclic) bond motifs is 1. The Labute approximate surface area is 152 Å². The lowest BCUT2D eigenvalue weighted by atomic mass is 10.1. The fourth-order valence-electron chi connectivity index (χ4n) is 2.31. The van der Waals surface area contributed by atoms with E-state index < -0.39 is 0 Å². The molecule has 0 fully saturated rings. The highest BCUT2D eigenvalue weighted by Crippen LogP contribution is 2.21. The minimum absolute atomic E-state index is 0.0388. The van der Waals surface area contributed by atoms with E-state index in [-0.39, 0.29) is 37.1 Å². The van der Waals surface area contributed by atoms with Crippen LogP contribution >= 0.6 is 11.3 Å². The van der Waals surface area contributed by atoms with Crippen molar-refractivity contribution in [2.45, 2.75) is 39.8 Å². The Morgan fingerprint density at radius 3 is 2.64 bits per heavy atom. The lowest BCUT2D eigenvalue weighted by Crippen LogP contribution is -2.47. The van der Waals surface area contributed by atoms with Gasteiger partial charge >= 0.3 is 0 Å². The second-order valence-electron chi connectivity index (χ2n) is 6.77. The maximum Gasteiger partial charge on any atom is 0.249 e. The zero-order chi connectivity index (χ0) is 18.4. The predicted octanol–water partition coefficient (Wildman–Crippen LogP) is 2.58. The van der Waals surface area contributed by atoms with E-state index in [1.54, 1.807) is 11.3 Å². The second kappa shape index (κ2) is 8.40. The van der Waals surface area contributed by atoms with E-state index in [9.17, 15) is 9.59 Å². The number of nitrogens with one attached hydrogen (secondary N) is 1. The quantitative estimate of drug-likeness (QED) is 0.821. The van der Waals surface area contributed by atoms with Gasteiger partial charge in [-0.05, 0) is 39.8 Å². The van der Waals surface area contributed by atoms with Gasteiger partial charge in [-0.1, -0.05) is 12.1 Å². The summed E-state index contributed by atoms with van der Waals surface area (Å²) >= 11 is 1.55. The first-order valence-electron chi connectivity index (χ1n) is 8.29. The third-order valence-corrected chi connectivity index (χ3v) is 4.38. The summed E-state index contributed by atoms with van der Waals surface area (Å²) in [7, 11) is 0. The number of aromatic nitrogens is 1. The smallest absolute Gasteiger partial charge is 0.249 e. The highest BCUT2D eigenvalue weighted by atomic mass is 32.1. The SMILES string of the molecule is CCN(CC(=O)NC(C)(C)C)C(=O)COCc1nc2ccccc2s1. The minimum atomic E-state index is -0.317. The van der Waals surface area contributed by atoms with Crippen LogP contribution in [0.3, 0.4) is 0 Å². The zero-order valence-corrected chi connectivity index (χ0v) is 16.0. The van der Waals surface area contributed by atoms with Crippen LogP contribution in [0.1, 0.15) is 32.7 Å². The van der Waals surface area contributed by atoms with E-state index in [1.807, 2.05) is 52.0 Å². The summed E-state index contributed by atoms with van der Waals surface area (Å²) in [5.41, 5.74) is 0.620. The predicted molar refractivity (Wildman–Crippen MR) is 99.4 cm³/mol. The Kier molecular flexibility index (Phi) is 6.50. The Bertz CT molecular complexity index is 703. The van der Waals surface area contributed by atoms with E-state index in [0.717, 1.165) is 15.2 Å². The third kappa shape index (κ3) is 6.10. The molecule has 1 heterocycles. The molecule has 2 amide bonds. The number of hydrogen-bond donors (Lipinski definition) is 1. The lowest BCUT2D eigenvalue weighted by molar-refractivity contribution is -0.140. The first-order chi connectivity index (χ1) is 11.8. The molecule has 2 aromatic rings. The molecule has 136 valence electrons. The molecular weight excluding hydrogens is 338 g/mol. The van der Waals surface area contributed by atoms with Gasteiger partial charge in [0.2, 0.25) is 11.8 Å². The summed E-state index contributed by atoms with van der Waals surface area (Å²) in [6.07, 6.45) is 0. The first-order valence-corrected chi connectivity index (χ1v) is 9.11. The molecule has 0 unspecified atom stereocenters. The summed E-state index contributed by atoms with van der Waals surface area (Å²) in [5.74, 6) is -0.374. The molecule has 0 atom stereocenters. The van der Waals surface area contributed by atoms with Crippen LogP contribution in [0, 0.1) is 0 Å². The Balaban J connectivity index is 1.82. The molecule has 0 aliphatic rings. The number of likely N-dealkylation sites (N-methyl/N-ethyl adjacent to an activating group) is 1. The normalized spacial score (nSPS) is 11.5. The zero-order valence-electron chi connectivity index (χ0n) is 15.2. The molecule has 0 spiro atoms. The molecule has 2 rings (SSSR count). The van der Waals surface area contributed by atoms with Gasteiger partial charge in [-0.25, -0.2) is 4.98 Å². The Morgan fingerprint density at radius 1 is 1.28 bits per heavy atom. The summed E-state index contributed by atoms with van der Waals surface area (Å²) in [6, 6.07) is 7.87. The topological polar surface area (TPSA) is 71.5 Å². The van der Waals surface area contributed by atoms with Crippen LogP contribution in [0.4, 0.5) is 0 Å². The largest absolute Gasteiger partial charge is 0.364 e. The number of hydrogen-bond acceptors (Lipinski definition) is 5. The number of rotatable bonds is 7. The van der Waals surface area contributed by atoms with E-state index >= 15 is 0 Å². The number of amides is 2. The van der Waals surface area contributed by atoms with Crippen LogP contribution in [0.5, 0.6) is 0 Å². The maximum atomic E-state index is 12.2. The van der Waals surface area contributed by atoms with Crippen LogP contribution in [0.2, 0.25) is 0 Å². The average Bonchev–Trinajstić information content (AvgIpc) is 2.93. The summed E-state index contributed by atoms with van der Waals surface area (Å²) in [5, 5.41) is 3.69. The molecule has 0 radical (unpaired) electrons. The number of nitrogens with zero attached hydrogens (tertiary/aromatic N) is 2. The van der Waals surface area contributed by atoms with Crippen LogP contribution in [-0.2, 0) is 20.9 Å². The monoisotopic (exact) mass is 363 g/mol. The Hall–Kier alpha value is -1.99. The summed E-state index contributed by atoms with van der Waals surface area (Å²) in [6.45, 7) is 8.29. The van der Waals surface area contributed by atoms with Gasteiger partial charge in [0.15, 0.2) is 0 Å². The van der Waals surface area contributed by atoms with E-state index in [0.29, 0.717) is 6.54 Å². The number of carbonyl (C=O) groups excluding carboxylic acids is 2. The molecule has 6 nitrogen and oxygen atoms in total. The van der Waals surface area contributed by atoms with Gasteiger partial charge in [-0.15, -0.1) is 11.3 Å². The van der Waals surface area contributed by atoms with Crippen LogP contribution in [0.25, 0.3) is 10.2 Å². The van der Waals surface area contributed by atoms with E-state index in [2.05, 4.69) is 10.3 Å². The first kappa shape index (κ1) is 19.3. The number of ether oxygens (including phenoxy) is 1. The van der Waals surface area contributed by atoms with Crippen molar-refractivity contribution >= 4 is 33.4 Å². The molecule has 0 saturated heterocycles. The summed E-state index contributed by atoms with van der Waals surface area (Å²) in [4.78, 5) is 30.2. The van der Waals surface area contributed by atoms with Crippen molar-refractivity contribution in [3.63, 3.8) is 0 Å². The molecule has 0 saturated carbocycles. The van der Waals surface area contributed by atoms with Gasteiger partial charge in [0, 0.05) is 12.1 Å². The molecule has 1 aromatic heterocycles. The van der Waals surface area contributed by atoms with Crippen molar-refractivity contribution in [3.8, 4) is 0 Å².